The first kappa shape index (κ1) is 13.3. The van der Waals surface area contributed by atoms with E-state index in [1.165, 1.54) is 7.11 Å². The summed E-state index contributed by atoms with van der Waals surface area (Å²) in [6, 6.07) is 2.01. The van der Waals surface area contributed by atoms with Crippen molar-refractivity contribution in [3.05, 3.63) is 24.0 Å². The molecule has 4 nitrogen and oxygen atoms in total. The maximum atomic E-state index is 12.7. The van der Waals surface area contributed by atoms with E-state index in [2.05, 4.69) is 9.72 Å². The van der Waals surface area contributed by atoms with E-state index in [1.54, 1.807) is 0 Å². The third-order valence-electron chi connectivity index (χ3n) is 2.01. The van der Waals surface area contributed by atoms with Crippen LogP contribution in [-0.4, -0.2) is 24.7 Å². The van der Waals surface area contributed by atoms with Crippen LogP contribution in [0.4, 0.5) is 8.78 Å². The summed E-state index contributed by atoms with van der Waals surface area (Å²) in [5, 5.41) is 0. The molecule has 0 aliphatic heterocycles. The van der Waals surface area contributed by atoms with Crippen molar-refractivity contribution in [2.24, 2.45) is 0 Å². The van der Waals surface area contributed by atoms with Crippen LogP contribution in [0.3, 0.4) is 0 Å². The van der Waals surface area contributed by atoms with Crippen molar-refractivity contribution in [2.75, 3.05) is 13.7 Å². The molecule has 0 fully saturated rings. The number of carbonyl (C=O) groups excluding carboxylic acids is 1. The van der Waals surface area contributed by atoms with Crippen molar-refractivity contribution >= 4 is 5.97 Å². The molecule has 1 aromatic heterocycles. The Morgan fingerprint density at radius 1 is 1.29 bits per heavy atom. The van der Waals surface area contributed by atoms with E-state index in [1.807, 2.05) is 0 Å². The Hall–Kier alpha value is -1.72. The van der Waals surface area contributed by atoms with Gasteiger partial charge in [-0.2, -0.15) is 13.8 Å². The van der Waals surface area contributed by atoms with E-state index >= 15 is 0 Å². The Labute approximate surface area is 97.6 Å². The highest BCUT2D eigenvalue weighted by molar-refractivity contribution is 5.68. The highest BCUT2D eigenvalue weighted by Crippen LogP contribution is 2.13. The van der Waals surface area contributed by atoms with Gasteiger partial charge in [0.2, 0.25) is 11.9 Å². The number of carbonyl (C=O) groups is 1. The van der Waals surface area contributed by atoms with E-state index < -0.39 is 11.9 Å². The van der Waals surface area contributed by atoms with Crippen molar-refractivity contribution in [3.8, 4) is 5.75 Å². The molecule has 0 aliphatic carbocycles. The summed E-state index contributed by atoms with van der Waals surface area (Å²) in [5.74, 6) is -2.04. The van der Waals surface area contributed by atoms with Crippen molar-refractivity contribution in [1.82, 2.24) is 4.98 Å². The SMILES string of the molecule is COC(=O)CCCCOc1cc(F)nc(F)c1. The molecule has 1 aromatic rings. The van der Waals surface area contributed by atoms with Crippen molar-refractivity contribution < 1.29 is 23.0 Å². The van der Waals surface area contributed by atoms with Crippen molar-refractivity contribution in [1.29, 1.82) is 0 Å². The van der Waals surface area contributed by atoms with Gasteiger partial charge in [-0.3, -0.25) is 4.79 Å². The molecule has 0 unspecified atom stereocenters. The van der Waals surface area contributed by atoms with Gasteiger partial charge in [0.25, 0.3) is 0 Å². The lowest BCUT2D eigenvalue weighted by Crippen LogP contribution is -2.03. The number of esters is 1. The average molecular weight is 245 g/mol. The van der Waals surface area contributed by atoms with Crippen LogP contribution in [0.15, 0.2) is 12.1 Å². The number of aromatic nitrogens is 1. The number of ether oxygens (including phenoxy) is 2. The lowest BCUT2D eigenvalue weighted by atomic mass is 10.2. The van der Waals surface area contributed by atoms with Gasteiger partial charge in [0.05, 0.1) is 13.7 Å². The summed E-state index contributed by atoms with van der Waals surface area (Å²) >= 11 is 0. The standard InChI is InChI=1S/C11H13F2NO3/c1-16-11(15)4-2-3-5-17-8-6-9(12)14-10(13)7-8/h6-7H,2-5H2,1H3. The smallest absolute Gasteiger partial charge is 0.305 e. The van der Waals surface area contributed by atoms with Crippen LogP contribution >= 0.6 is 0 Å². The molecule has 1 heterocycles. The molecule has 0 saturated carbocycles. The van der Waals surface area contributed by atoms with Crippen LogP contribution in [0.5, 0.6) is 5.75 Å². The molecule has 0 saturated heterocycles. The van der Waals surface area contributed by atoms with E-state index in [0.717, 1.165) is 12.1 Å². The first-order valence-corrected chi connectivity index (χ1v) is 5.14. The van der Waals surface area contributed by atoms with Gasteiger partial charge in [-0.1, -0.05) is 0 Å². The molecule has 0 N–H and O–H groups in total. The molecule has 0 aliphatic rings. The predicted molar refractivity (Wildman–Crippen MR) is 55.5 cm³/mol. The molecule has 0 amide bonds. The number of nitrogens with zero attached hydrogens (tertiary/aromatic N) is 1. The lowest BCUT2D eigenvalue weighted by molar-refractivity contribution is -0.140. The fourth-order valence-electron chi connectivity index (χ4n) is 1.19. The fourth-order valence-corrected chi connectivity index (χ4v) is 1.19. The summed E-state index contributed by atoms with van der Waals surface area (Å²) in [7, 11) is 1.32. The number of rotatable bonds is 6. The van der Waals surface area contributed by atoms with Crippen LogP contribution in [0.2, 0.25) is 0 Å². The Kier molecular flexibility index (Phi) is 5.32. The van der Waals surface area contributed by atoms with Gasteiger partial charge in [0, 0.05) is 18.6 Å². The van der Waals surface area contributed by atoms with E-state index in [0.29, 0.717) is 19.3 Å². The van der Waals surface area contributed by atoms with Crippen LogP contribution in [0.1, 0.15) is 19.3 Å². The van der Waals surface area contributed by atoms with E-state index in [4.69, 9.17) is 4.74 Å². The second kappa shape index (κ2) is 6.78. The molecule has 0 bridgehead atoms. The normalized spacial score (nSPS) is 10.1. The predicted octanol–water partition coefficient (Wildman–Crippen LogP) is 2.08. The van der Waals surface area contributed by atoms with Gasteiger partial charge in [-0.05, 0) is 12.8 Å². The largest absolute Gasteiger partial charge is 0.493 e. The highest BCUT2D eigenvalue weighted by atomic mass is 19.1. The van der Waals surface area contributed by atoms with Crippen molar-refractivity contribution in [3.63, 3.8) is 0 Å². The number of unbranched alkanes of at least 4 members (excludes halogenated alkanes) is 1. The number of pyridine rings is 1. The maximum absolute atomic E-state index is 12.7. The average Bonchev–Trinajstić information content (AvgIpc) is 2.27. The van der Waals surface area contributed by atoms with Crippen molar-refractivity contribution in [2.45, 2.75) is 19.3 Å². The Bertz CT molecular complexity index is 365. The van der Waals surface area contributed by atoms with Gasteiger partial charge in [0.1, 0.15) is 5.75 Å². The molecule has 94 valence electrons. The van der Waals surface area contributed by atoms with Gasteiger partial charge in [-0.25, -0.2) is 0 Å². The van der Waals surface area contributed by atoms with Crippen LogP contribution in [0.25, 0.3) is 0 Å². The van der Waals surface area contributed by atoms with Gasteiger partial charge in [-0.15, -0.1) is 0 Å². The number of hydrogen-bond acceptors (Lipinski definition) is 4. The zero-order valence-corrected chi connectivity index (χ0v) is 9.41. The minimum Gasteiger partial charge on any atom is -0.493 e. The Balaban J connectivity index is 2.24. The summed E-state index contributed by atoms with van der Waals surface area (Å²) in [6.07, 6.45) is 1.50. The molecule has 1 rings (SSSR count). The minimum absolute atomic E-state index is 0.0908. The third-order valence-corrected chi connectivity index (χ3v) is 2.01. The van der Waals surface area contributed by atoms with Gasteiger partial charge < -0.3 is 9.47 Å². The first-order chi connectivity index (χ1) is 8.11. The zero-order valence-electron chi connectivity index (χ0n) is 9.41. The zero-order chi connectivity index (χ0) is 12.7. The van der Waals surface area contributed by atoms with Crippen LogP contribution in [-0.2, 0) is 9.53 Å². The molecular weight excluding hydrogens is 232 g/mol. The summed E-state index contributed by atoms with van der Waals surface area (Å²) in [5.41, 5.74) is 0. The van der Waals surface area contributed by atoms with E-state index in [9.17, 15) is 13.6 Å². The molecular formula is C11H13F2NO3. The second-order valence-electron chi connectivity index (χ2n) is 3.33. The number of methoxy groups -OCH3 is 1. The van der Waals surface area contributed by atoms with E-state index in [-0.39, 0.29) is 18.3 Å². The Morgan fingerprint density at radius 2 is 1.94 bits per heavy atom. The quantitative estimate of drug-likeness (QED) is 0.437. The maximum Gasteiger partial charge on any atom is 0.305 e. The highest BCUT2D eigenvalue weighted by Gasteiger charge is 2.03. The molecule has 0 spiro atoms. The Morgan fingerprint density at radius 3 is 2.53 bits per heavy atom. The summed E-state index contributed by atoms with van der Waals surface area (Å²) in [6.45, 7) is 0.278. The number of hydrogen-bond donors (Lipinski definition) is 0. The second-order valence-corrected chi connectivity index (χ2v) is 3.33. The van der Waals surface area contributed by atoms with Gasteiger partial charge in [0.15, 0.2) is 0 Å². The lowest BCUT2D eigenvalue weighted by Gasteiger charge is -2.05. The minimum atomic E-state index is -0.922. The molecule has 0 aromatic carbocycles. The topological polar surface area (TPSA) is 48.4 Å². The van der Waals surface area contributed by atoms with Gasteiger partial charge >= 0.3 is 5.97 Å². The summed E-state index contributed by atoms with van der Waals surface area (Å²) in [4.78, 5) is 13.7. The fraction of sp³-hybridized carbons (Fsp3) is 0.455. The summed E-state index contributed by atoms with van der Waals surface area (Å²) < 4.78 is 34.9. The first-order valence-electron chi connectivity index (χ1n) is 5.14. The monoisotopic (exact) mass is 245 g/mol. The molecule has 17 heavy (non-hydrogen) atoms. The molecule has 0 atom stereocenters. The van der Waals surface area contributed by atoms with Crippen LogP contribution in [0, 0.1) is 11.9 Å². The number of halogens is 2. The van der Waals surface area contributed by atoms with Crippen LogP contribution < -0.4 is 4.74 Å². The third kappa shape index (κ3) is 5.24. The molecule has 6 heteroatoms. The molecule has 0 radical (unpaired) electrons.